The third-order valence-electron chi connectivity index (χ3n) is 10.5. The second-order valence-corrected chi connectivity index (χ2v) is 14.2. The summed E-state index contributed by atoms with van der Waals surface area (Å²) in [5, 5.41) is 32.2. The molecular formula is C48H34N4O6. The molecule has 4 aromatic carbocycles. The van der Waals surface area contributed by atoms with Gasteiger partial charge in [-0.25, -0.2) is 14.4 Å². The highest BCUT2D eigenvalue weighted by Crippen LogP contribution is 2.28. The van der Waals surface area contributed by atoms with Gasteiger partial charge in [-0.3, -0.25) is 0 Å². The maximum absolute atomic E-state index is 11.8. The number of hydrogen-bond acceptors (Lipinski definition) is 3. The number of rotatable bonds is 7. The average Bonchev–Trinajstić information content (AvgIpc) is 4.07. The van der Waals surface area contributed by atoms with Gasteiger partial charge in [0.1, 0.15) is 0 Å². The lowest BCUT2D eigenvalue weighted by molar-refractivity contribution is 0.0686. The number of H-pyrrole nitrogens is 4. The summed E-state index contributed by atoms with van der Waals surface area (Å²) in [7, 11) is 0. The summed E-state index contributed by atoms with van der Waals surface area (Å²) in [6, 6.07) is 44.6. The smallest absolute Gasteiger partial charge is 0.335 e. The van der Waals surface area contributed by atoms with Crippen molar-refractivity contribution in [1.29, 1.82) is 0 Å². The summed E-state index contributed by atoms with van der Waals surface area (Å²) in [6.07, 6.45) is 0. The van der Waals surface area contributed by atoms with Gasteiger partial charge in [0.15, 0.2) is 0 Å². The summed E-state index contributed by atoms with van der Waals surface area (Å²) in [5.74, 6) is -3.06. The average molecular weight is 763 g/mol. The summed E-state index contributed by atoms with van der Waals surface area (Å²) in [6.45, 7) is 2.05. The van der Waals surface area contributed by atoms with Crippen LogP contribution in [0.3, 0.4) is 0 Å². The molecule has 0 saturated carbocycles. The Morgan fingerprint density at radius 2 is 0.569 bits per heavy atom. The highest BCUT2D eigenvalue weighted by Gasteiger charge is 2.19. The number of benzene rings is 4. The van der Waals surface area contributed by atoms with Gasteiger partial charge in [0.2, 0.25) is 0 Å². The molecule has 1 aliphatic rings. The van der Waals surface area contributed by atoms with Crippen molar-refractivity contribution in [2.24, 2.45) is 0 Å². The Morgan fingerprint density at radius 1 is 0.328 bits per heavy atom. The van der Waals surface area contributed by atoms with Crippen LogP contribution >= 0.6 is 0 Å². The van der Waals surface area contributed by atoms with E-state index in [1.165, 1.54) is 0 Å². The van der Waals surface area contributed by atoms with Crippen LogP contribution in [0.25, 0.3) is 22.3 Å². The zero-order chi connectivity index (χ0) is 40.1. The monoisotopic (exact) mass is 762 g/mol. The molecule has 4 aromatic heterocycles. The first kappa shape index (κ1) is 35.6. The summed E-state index contributed by atoms with van der Waals surface area (Å²) >= 11 is 0. The van der Waals surface area contributed by atoms with Crippen LogP contribution in [-0.2, 0) is 0 Å². The van der Waals surface area contributed by atoms with Gasteiger partial charge in [-0.05, 0) is 114 Å². The number of carboxylic acids is 3. The molecule has 0 saturated heterocycles. The van der Waals surface area contributed by atoms with Crippen molar-refractivity contribution in [2.75, 3.05) is 0 Å². The lowest BCUT2D eigenvalue weighted by Crippen LogP contribution is -2.19. The van der Waals surface area contributed by atoms with Crippen LogP contribution in [0.4, 0.5) is 0 Å². The molecule has 0 fully saturated rings. The quantitative estimate of drug-likeness (QED) is 0.110. The molecule has 8 bridgehead atoms. The van der Waals surface area contributed by atoms with Crippen LogP contribution in [0.5, 0.6) is 0 Å². The van der Waals surface area contributed by atoms with Crippen molar-refractivity contribution in [1.82, 2.24) is 19.9 Å². The van der Waals surface area contributed by atoms with Crippen molar-refractivity contribution in [3.63, 3.8) is 0 Å². The van der Waals surface area contributed by atoms with Crippen molar-refractivity contribution in [3.8, 4) is 0 Å². The van der Waals surface area contributed by atoms with E-state index in [1.54, 1.807) is 72.8 Å². The molecule has 0 spiro atoms. The number of hydrogen-bond donors (Lipinski definition) is 7. The Hall–Kier alpha value is -8.11. The van der Waals surface area contributed by atoms with Crippen molar-refractivity contribution in [3.05, 3.63) is 234 Å². The van der Waals surface area contributed by atoms with Gasteiger partial charge < -0.3 is 35.3 Å². The lowest BCUT2D eigenvalue weighted by Gasteiger charge is -2.10. The first-order valence-electron chi connectivity index (χ1n) is 18.5. The maximum atomic E-state index is 11.8. The molecule has 9 rings (SSSR count). The molecule has 7 N–H and O–H groups in total. The molecule has 0 aliphatic carbocycles. The maximum Gasteiger partial charge on any atom is 0.335 e. The second kappa shape index (κ2) is 14.2. The molecular weight excluding hydrogens is 729 g/mol. The molecule has 58 heavy (non-hydrogen) atoms. The summed E-state index contributed by atoms with van der Waals surface area (Å²) in [5.41, 5.74) is 11.4. The summed E-state index contributed by atoms with van der Waals surface area (Å²) < 4.78 is 0. The number of fused-ring (bicyclic) bond motifs is 8. The Bertz CT molecular complexity index is 3180. The molecule has 0 amide bonds. The molecule has 0 radical (unpaired) electrons. The number of carboxylic acid groups (broad SMARTS) is 3. The van der Waals surface area contributed by atoms with E-state index < -0.39 is 17.9 Å². The molecule has 10 heteroatoms. The Labute approximate surface area is 330 Å². The van der Waals surface area contributed by atoms with E-state index in [2.05, 4.69) is 44.2 Å². The lowest BCUT2D eigenvalue weighted by atomic mass is 10.0. The Kier molecular flexibility index (Phi) is 8.71. The second-order valence-electron chi connectivity index (χ2n) is 14.2. The largest absolute Gasteiger partial charge is 0.478 e. The zero-order valence-electron chi connectivity index (χ0n) is 30.9. The molecule has 8 aromatic rings. The first-order chi connectivity index (χ1) is 28.1. The number of aromatic amines is 4. The highest BCUT2D eigenvalue weighted by atomic mass is 16.4. The van der Waals surface area contributed by atoms with E-state index in [1.807, 2.05) is 55.5 Å². The van der Waals surface area contributed by atoms with Crippen LogP contribution < -0.4 is 21.4 Å². The standard InChI is InChI=1S/C48H34N4O6/c1-26-2-4-27(5-3-26)42-34-18-20-36(49-34)43(28-6-12-31(13-7-28)46(53)54)38-22-24-40(51-38)45(30-10-16-33(17-11-30)48(57)58)41-25-23-39(52-41)44(37-21-19-35(42)50-37)29-8-14-32(15-9-29)47(55)56/h2-25,49-52H,1H3,(H,53,54)(H,55,56)(H,57,58). The number of nitrogens with one attached hydrogen (secondary N) is 4. The molecule has 0 unspecified atom stereocenters. The number of aromatic carboxylic acids is 3. The van der Waals surface area contributed by atoms with E-state index in [0.29, 0.717) is 0 Å². The van der Waals surface area contributed by atoms with Crippen LogP contribution in [0.1, 0.15) is 81.7 Å². The molecule has 1 aliphatic heterocycles. The fraction of sp³-hybridized carbons (Fsp3) is 0.0208. The third kappa shape index (κ3) is 6.44. The predicted octanol–water partition coefficient (Wildman–Crippen LogP) is 5.70. The Balaban J connectivity index is 1.40. The normalized spacial score (nSPS) is 12.5. The van der Waals surface area contributed by atoms with E-state index in [-0.39, 0.29) is 16.7 Å². The fourth-order valence-corrected chi connectivity index (χ4v) is 7.63. The molecule has 5 heterocycles. The minimum absolute atomic E-state index is 0.157. The van der Waals surface area contributed by atoms with E-state index >= 15 is 0 Å². The minimum atomic E-state index is -1.03. The third-order valence-corrected chi connectivity index (χ3v) is 10.5. The highest BCUT2D eigenvalue weighted by molar-refractivity contribution is 5.91. The van der Waals surface area contributed by atoms with Gasteiger partial charge in [0.05, 0.1) is 16.7 Å². The van der Waals surface area contributed by atoms with Crippen LogP contribution in [0, 0.1) is 6.92 Å². The van der Waals surface area contributed by atoms with Gasteiger partial charge in [0, 0.05) is 66.5 Å². The first-order valence-corrected chi connectivity index (χ1v) is 18.5. The molecule has 282 valence electrons. The van der Waals surface area contributed by atoms with Gasteiger partial charge >= 0.3 is 17.9 Å². The number of aromatic nitrogens is 4. The van der Waals surface area contributed by atoms with Crippen molar-refractivity contribution >= 4 is 40.2 Å². The van der Waals surface area contributed by atoms with E-state index in [9.17, 15) is 29.7 Å². The SMILES string of the molecule is Cc1ccc(C2=c3ccc([nH]3)=C(c3ccc(C(=O)O)cc3)c3ccc([nH]3)C(c3ccc(C(=O)O)cc3)=c3ccc([nH]3)=C(c3ccc(C(=O)O)cc3)c3ccc2[nH]3)cc1. The van der Waals surface area contributed by atoms with Crippen molar-refractivity contribution in [2.45, 2.75) is 6.92 Å². The van der Waals surface area contributed by atoms with Crippen LogP contribution in [-0.4, -0.2) is 53.2 Å². The number of carbonyl (C=O) groups is 3. The van der Waals surface area contributed by atoms with Crippen molar-refractivity contribution < 1.29 is 29.7 Å². The Morgan fingerprint density at radius 3 is 0.810 bits per heavy atom. The van der Waals surface area contributed by atoms with Crippen LogP contribution in [0.2, 0.25) is 0 Å². The summed E-state index contributed by atoms with van der Waals surface area (Å²) in [4.78, 5) is 50.2. The predicted molar refractivity (Wildman–Crippen MR) is 220 cm³/mol. The van der Waals surface area contributed by atoms with Gasteiger partial charge in [-0.2, -0.15) is 0 Å². The zero-order valence-corrected chi connectivity index (χ0v) is 30.9. The minimum Gasteiger partial charge on any atom is -0.478 e. The van der Waals surface area contributed by atoms with Gasteiger partial charge in [-0.15, -0.1) is 0 Å². The van der Waals surface area contributed by atoms with E-state index in [0.717, 1.165) is 94.3 Å². The fourth-order valence-electron chi connectivity index (χ4n) is 7.63. The topological polar surface area (TPSA) is 175 Å². The van der Waals surface area contributed by atoms with E-state index in [4.69, 9.17) is 0 Å². The number of aryl methyl sites for hydroxylation is 1. The molecule has 10 nitrogen and oxygen atoms in total. The van der Waals surface area contributed by atoms with Gasteiger partial charge in [-0.1, -0.05) is 66.2 Å². The molecule has 0 atom stereocenters. The van der Waals surface area contributed by atoms with Crippen LogP contribution in [0.15, 0.2) is 146 Å². The van der Waals surface area contributed by atoms with Gasteiger partial charge in [0.25, 0.3) is 0 Å².